The van der Waals surface area contributed by atoms with Gasteiger partial charge in [-0.1, -0.05) is 28.9 Å². The number of rotatable bonds is 5. The van der Waals surface area contributed by atoms with Crippen LogP contribution in [0.15, 0.2) is 45.8 Å². The van der Waals surface area contributed by atoms with Gasteiger partial charge in [-0.15, -0.1) is 0 Å². The zero-order valence-electron chi connectivity index (χ0n) is 18.6. The number of carbonyl (C=O) groups excluding carboxylic acids is 1. The van der Waals surface area contributed by atoms with E-state index >= 15 is 0 Å². The van der Waals surface area contributed by atoms with Crippen LogP contribution in [0.4, 0.5) is 5.69 Å². The Morgan fingerprint density at radius 2 is 1.97 bits per heavy atom. The lowest BCUT2D eigenvalue weighted by molar-refractivity contribution is -0.120. The number of hydrogen-bond acceptors (Lipinski definition) is 6. The van der Waals surface area contributed by atoms with Crippen LogP contribution < -0.4 is 5.32 Å². The molecule has 174 valence electrons. The first-order valence-electron chi connectivity index (χ1n) is 10.6. The fourth-order valence-corrected chi connectivity index (χ4v) is 5.90. The number of nitrogens with zero attached hydrogens (tertiary/aromatic N) is 3. The molecule has 1 atom stereocenters. The molecule has 1 amide bonds. The van der Waals surface area contributed by atoms with Crippen LogP contribution in [0, 0.1) is 26.7 Å². The zero-order valence-corrected chi connectivity index (χ0v) is 20.2. The van der Waals surface area contributed by atoms with Gasteiger partial charge in [0.05, 0.1) is 10.9 Å². The minimum atomic E-state index is -3.94. The summed E-state index contributed by atoms with van der Waals surface area (Å²) in [6.07, 6.45) is 1.18. The van der Waals surface area contributed by atoms with Crippen LogP contribution in [0.5, 0.6) is 0 Å². The number of hydrogen-bond donors (Lipinski definition) is 1. The summed E-state index contributed by atoms with van der Waals surface area (Å²) in [4.78, 5) is 17.1. The van der Waals surface area contributed by atoms with Crippen LogP contribution >= 0.6 is 11.6 Å². The van der Waals surface area contributed by atoms with Crippen molar-refractivity contribution in [3.63, 3.8) is 0 Å². The van der Waals surface area contributed by atoms with E-state index in [1.165, 1.54) is 16.4 Å². The van der Waals surface area contributed by atoms with Gasteiger partial charge < -0.3 is 9.84 Å². The van der Waals surface area contributed by atoms with Crippen molar-refractivity contribution in [2.75, 3.05) is 18.4 Å². The van der Waals surface area contributed by atoms with Crippen molar-refractivity contribution in [1.82, 2.24) is 14.4 Å². The molecule has 1 N–H and O–H groups in total. The van der Waals surface area contributed by atoms with Gasteiger partial charge in [0, 0.05) is 31.3 Å². The molecule has 8 nitrogen and oxygen atoms in total. The number of sulfonamides is 1. The highest BCUT2D eigenvalue weighted by molar-refractivity contribution is 7.89. The first-order valence-corrected chi connectivity index (χ1v) is 12.5. The fourth-order valence-electron chi connectivity index (χ4n) is 3.88. The smallest absolute Gasteiger partial charge is 0.244 e. The molecule has 0 unspecified atom stereocenters. The van der Waals surface area contributed by atoms with Crippen LogP contribution in [-0.4, -0.2) is 41.9 Å². The monoisotopic (exact) mass is 488 g/mol. The van der Waals surface area contributed by atoms with E-state index in [4.69, 9.17) is 16.1 Å². The minimum Gasteiger partial charge on any atom is -0.339 e. The van der Waals surface area contributed by atoms with Crippen LogP contribution in [0.25, 0.3) is 11.4 Å². The Labute approximate surface area is 198 Å². The molecule has 2 heterocycles. The number of halogens is 1. The van der Waals surface area contributed by atoms with E-state index < -0.39 is 15.9 Å². The van der Waals surface area contributed by atoms with Crippen LogP contribution in [0.3, 0.4) is 0 Å². The summed E-state index contributed by atoms with van der Waals surface area (Å²) >= 11 is 6.28. The summed E-state index contributed by atoms with van der Waals surface area (Å²) < 4.78 is 33.3. The summed E-state index contributed by atoms with van der Waals surface area (Å²) in [6, 6.07) is 10.4. The first-order chi connectivity index (χ1) is 15.6. The summed E-state index contributed by atoms with van der Waals surface area (Å²) in [5, 5.41) is 6.91. The molecule has 0 aliphatic carbocycles. The highest BCUT2D eigenvalue weighted by Crippen LogP contribution is 2.32. The number of amides is 1. The Hall–Kier alpha value is -2.75. The van der Waals surface area contributed by atoms with Crippen molar-refractivity contribution in [1.29, 1.82) is 0 Å². The second-order valence-corrected chi connectivity index (χ2v) is 10.6. The van der Waals surface area contributed by atoms with E-state index in [0.717, 1.165) is 16.8 Å². The van der Waals surface area contributed by atoms with Gasteiger partial charge in [-0.3, -0.25) is 4.79 Å². The molecule has 10 heteroatoms. The first kappa shape index (κ1) is 23.4. The predicted octanol–water partition coefficient (Wildman–Crippen LogP) is 4.35. The third-order valence-corrected chi connectivity index (χ3v) is 8.09. The highest BCUT2D eigenvalue weighted by atomic mass is 35.5. The highest BCUT2D eigenvalue weighted by Gasteiger charge is 2.35. The Balaban J connectivity index is 1.56. The quantitative estimate of drug-likeness (QED) is 0.572. The number of piperidine rings is 1. The summed E-state index contributed by atoms with van der Waals surface area (Å²) in [7, 11) is -3.94. The third kappa shape index (κ3) is 4.95. The Morgan fingerprint density at radius 3 is 2.70 bits per heavy atom. The number of benzene rings is 2. The van der Waals surface area contributed by atoms with E-state index in [1.54, 1.807) is 13.0 Å². The topological polar surface area (TPSA) is 105 Å². The minimum absolute atomic E-state index is 0.0419. The molecule has 1 saturated heterocycles. The van der Waals surface area contributed by atoms with Crippen molar-refractivity contribution in [2.45, 2.75) is 38.5 Å². The molecule has 0 bridgehead atoms. The number of carbonyl (C=O) groups is 1. The number of aromatic nitrogens is 2. The standard InChI is InChI=1S/C23H25ClN4O4S/c1-14-6-7-15(2)20(11-14)26-23(29)18-5-4-10-28(13-18)33(30,31)21-12-17(8-9-19(21)24)22-25-16(3)32-27-22/h6-9,11-12,18H,4-5,10,13H2,1-3H3,(H,26,29)/t18-/m0/s1. The zero-order chi connectivity index (χ0) is 23.8. The lowest BCUT2D eigenvalue weighted by Gasteiger charge is -2.31. The Morgan fingerprint density at radius 1 is 1.18 bits per heavy atom. The van der Waals surface area contributed by atoms with Crippen LogP contribution in [0.1, 0.15) is 29.9 Å². The SMILES string of the molecule is Cc1ccc(C)c(NC(=O)[C@H]2CCCN(S(=O)(=O)c3cc(-c4noc(C)n4)ccc3Cl)C2)c1. The largest absolute Gasteiger partial charge is 0.339 e. The summed E-state index contributed by atoms with van der Waals surface area (Å²) in [6.45, 7) is 5.93. The van der Waals surface area contributed by atoms with E-state index in [1.807, 2.05) is 32.0 Å². The second kappa shape index (κ2) is 9.24. The summed E-state index contributed by atoms with van der Waals surface area (Å²) in [5.41, 5.74) is 3.21. The van der Waals surface area contributed by atoms with E-state index in [-0.39, 0.29) is 28.2 Å². The van der Waals surface area contributed by atoms with Crippen molar-refractivity contribution in [3.8, 4) is 11.4 Å². The normalized spacial score (nSPS) is 17.2. The maximum absolute atomic E-state index is 13.5. The second-order valence-electron chi connectivity index (χ2n) is 8.29. The molecular weight excluding hydrogens is 464 g/mol. The molecule has 3 aromatic rings. The van der Waals surface area contributed by atoms with Gasteiger partial charge in [-0.2, -0.15) is 9.29 Å². The van der Waals surface area contributed by atoms with Gasteiger partial charge in [0.1, 0.15) is 4.90 Å². The number of nitrogens with one attached hydrogen (secondary N) is 1. The average Bonchev–Trinajstić information content (AvgIpc) is 3.22. The number of aryl methyl sites for hydroxylation is 3. The van der Waals surface area contributed by atoms with Crippen molar-refractivity contribution in [3.05, 3.63) is 58.4 Å². The molecule has 1 aliphatic rings. The Kier molecular flexibility index (Phi) is 6.56. The molecule has 0 spiro atoms. The molecule has 2 aromatic carbocycles. The maximum Gasteiger partial charge on any atom is 0.244 e. The van der Waals surface area contributed by atoms with E-state index in [0.29, 0.717) is 30.8 Å². The maximum atomic E-state index is 13.5. The lowest BCUT2D eigenvalue weighted by Crippen LogP contribution is -2.43. The molecule has 1 fully saturated rings. The van der Waals surface area contributed by atoms with Gasteiger partial charge in [-0.25, -0.2) is 8.42 Å². The van der Waals surface area contributed by atoms with E-state index in [2.05, 4.69) is 15.5 Å². The van der Waals surface area contributed by atoms with Gasteiger partial charge in [0.2, 0.25) is 27.6 Å². The third-order valence-electron chi connectivity index (χ3n) is 5.74. The lowest BCUT2D eigenvalue weighted by atomic mass is 9.98. The average molecular weight is 489 g/mol. The van der Waals surface area contributed by atoms with E-state index in [9.17, 15) is 13.2 Å². The van der Waals surface area contributed by atoms with Crippen molar-refractivity contribution >= 4 is 33.2 Å². The molecular formula is C23H25ClN4O4S. The molecule has 0 saturated carbocycles. The number of anilines is 1. The van der Waals surface area contributed by atoms with Crippen molar-refractivity contribution in [2.24, 2.45) is 5.92 Å². The molecule has 1 aliphatic heterocycles. The molecule has 33 heavy (non-hydrogen) atoms. The Bertz CT molecular complexity index is 1310. The molecule has 1 aromatic heterocycles. The van der Waals surface area contributed by atoms with Crippen LogP contribution in [0.2, 0.25) is 5.02 Å². The van der Waals surface area contributed by atoms with Crippen molar-refractivity contribution < 1.29 is 17.7 Å². The molecule has 0 radical (unpaired) electrons. The van der Waals surface area contributed by atoms with Gasteiger partial charge in [0.15, 0.2) is 0 Å². The predicted molar refractivity (Wildman–Crippen MR) is 126 cm³/mol. The van der Waals surface area contributed by atoms with Gasteiger partial charge >= 0.3 is 0 Å². The summed E-state index contributed by atoms with van der Waals surface area (Å²) in [5.74, 6) is 0.00380. The van der Waals surface area contributed by atoms with Gasteiger partial charge in [0.25, 0.3) is 0 Å². The fraction of sp³-hybridized carbons (Fsp3) is 0.348. The van der Waals surface area contributed by atoms with Crippen LogP contribution in [-0.2, 0) is 14.8 Å². The molecule has 4 rings (SSSR count). The van der Waals surface area contributed by atoms with Gasteiger partial charge in [-0.05, 0) is 62.1 Å².